The SMILES string of the molecule is CCOC(=O)C1=CCC(C)(C)c2cc(O[Si](C)(C)C(C)(C)C)c(C)cc21. The molecule has 0 amide bonds. The molecule has 0 radical (unpaired) electrons. The van der Waals surface area contributed by atoms with Crippen molar-refractivity contribution in [2.24, 2.45) is 0 Å². The fraction of sp³-hybridized carbons (Fsp3) is 0.591. The number of ether oxygens (including phenoxy) is 1. The molecular weight excluding hydrogens is 340 g/mol. The summed E-state index contributed by atoms with van der Waals surface area (Å²) in [5, 5.41) is 0.140. The first-order chi connectivity index (χ1) is 11.8. The van der Waals surface area contributed by atoms with Crippen LogP contribution in [0.3, 0.4) is 0 Å². The van der Waals surface area contributed by atoms with Crippen LogP contribution >= 0.6 is 0 Å². The molecule has 0 saturated heterocycles. The molecule has 1 aliphatic carbocycles. The first-order valence-electron chi connectivity index (χ1n) is 9.52. The highest BCUT2D eigenvalue weighted by atomic mass is 28.4. The highest BCUT2D eigenvalue weighted by Crippen LogP contribution is 2.44. The number of hydrogen-bond donors (Lipinski definition) is 0. The lowest BCUT2D eigenvalue weighted by molar-refractivity contribution is -0.136. The van der Waals surface area contributed by atoms with Crippen LogP contribution in [0, 0.1) is 6.92 Å². The van der Waals surface area contributed by atoms with E-state index in [4.69, 9.17) is 9.16 Å². The third-order valence-electron chi connectivity index (χ3n) is 5.82. The molecule has 0 bridgehead atoms. The third kappa shape index (κ3) is 3.90. The number of fused-ring (bicyclic) bond motifs is 1. The van der Waals surface area contributed by atoms with Crippen molar-refractivity contribution in [1.29, 1.82) is 0 Å². The number of rotatable bonds is 4. The van der Waals surface area contributed by atoms with E-state index in [9.17, 15) is 4.79 Å². The van der Waals surface area contributed by atoms with Crippen LogP contribution in [0.25, 0.3) is 5.57 Å². The maximum atomic E-state index is 12.4. The minimum Gasteiger partial charge on any atom is -0.543 e. The molecule has 1 aromatic rings. The molecule has 0 atom stereocenters. The van der Waals surface area contributed by atoms with Gasteiger partial charge in [0.25, 0.3) is 0 Å². The van der Waals surface area contributed by atoms with Crippen molar-refractivity contribution in [1.82, 2.24) is 0 Å². The van der Waals surface area contributed by atoms with Crippen LogP contribution in [0.1, 0.15) is 64.7 Å². The molecule has 3 nitrogen and oxygen atoms in total. The minimum atomic E-state index is -1.93. The van der Waals surface area contributed by atoms with Crippen molar-refractivity contribution < 1.29 is 14.0 Å². The van der Waals surface area contributed by atoms with E-state index in [0.29, 0.717) is 12.2 Å². The average molecular weight is 375 g/mol. The lowest BCUT2D eigenvalue weighted by Gasteiger charge is -2.38. The maximum Gasteiger partial charge on any atom is 0.338 e. The molecule has 0 aliphatic heterocycles. The second kappa shape index (κ2) is 6.88. The van der Waals surface area contributed by atoms with Gasteiger partial charge in [0.1, 0.15) is 5.75 Å². The first kappa shape index (κ1) is 20.8. The zero-order valence-electron chi connectivity index (χ0n) is 17.9. The smallest absolute Gasteiger partial charge is 0.338 e. The number of hydrogen-bond acceptors (Lipinski definition) is 3. The van der Waals surface area contributed by atoms with E-state index < -0.39 is 8.32 Å². The van der Waals surface area contributed by atoms with E-state index in [1.165, 1.54) is 5.56 Å². The van der Waals surface area contributed by atoms with Crippen LogP contribution in [-0.4, -0.2) is 20.9 Å². The molecule has 0 aromatic heterocycles. The van der Waals surface area contributed by atoms with Gasteiger partial charge in [-0.25, -0.2) is 4.79 Å². The van der Waals surface area contributed by atoms with Gasteiger partial charge in [0.05, 0.1) is 12.2 Å². The summed E-state index contributed by atoms with van der Waals surface area (Å²) in [5.41, 5.74) is 3.87. The van der Waals surface area contributed by atoms with Gasteiger partial charge in [0.15, 0.2) is 0 Å². The van der Waals surface area contributed by atoms with Gasteiger partial charge in [-0.2, -0.15) is 0 Å². The Balaban J connectivity index is 2.54. The summed E-state index contributed by atoms with van der Waals surface area (Å²) in [6.07, 6.45) is 2.84. The summed E-state index contributed by atoms with van der Waals surface area (Å²) in [4.78, 5) is 12.4. The van der Waals surface area contributed by atoms with Crippen LogP contribution in [0.2, 0.25) is 18.1 Å². The summed E-state index contributed by atoms with van der Waals surface area (Å²) < 4.78 is 11.9. The second-order valence-corrected chi connectivity index (χ2v) is 14.2. The van der Waals surface area contributed by atoms with Crippen molar-refractivity contribution in [2.45, 2.75) is 78.4 Å². The molecule has 0 heterocycles. The second-order valence-electron chi connectivity index (χ2n) is 9.45. The van der Waals surface area contributed by atoms with Crippen molar-refractivity contribution in [2.75, 3.05) is 6.61 Å². The predicted molar refractivity (Wildman–Crippen MR) is 111 cm³/mol. The largest absolute Gasteiger partial charge is 0.543 e. The van der Waals surface area contributed by atoms with Gasteiger partial charge in [-0.1, -0.05) is 40.7 Å². The molecule has 0 unspecified atom stereocenters. The number of carbonyl (C=O) groups excluding carboxylic acids is 1. The molecule has 0 fully saturated rings. The predicted octanol–water partition coefficient (Wildman–Crippen LogP) is 6.01. The minimum absolute atomic E-state index is 0.0371. The van der Waals surface area contributed by atoms with Crippen molar-refractivity contribution >= 4 is 19.9 Å². The Hall–Kier alpha value is -1.55. The summed E-state index contributed by atoms with van der Waals surface area (Å²) in [6, 6.07) is 4.26. The fourth-order valence-electron chi connectivity index (χ4n) is 2.99. The lowest BCUT2D eigenvalue weighted by Crippen LogP contribution is -2.44. The molecule has 26 heavy (non-hydrogen) atoms. The average Bonchev–Trinajstić information content (AvgIpc) is 2.47. The Morgan fingerprint density at radius 2 is 1.85 bits per heavy atom. The number of benzene rings is 1. The summed E-state index contributed by atoms with van der Waals surface area (Å²) in [6.45, 7) is 20.0. The maximum absolute atomic E-state index is 12.4. The zero-order chi connectivity index (χ0) is 19.9. The van der Waals surface area contributed by atoms with Gasteiger partial charge in [-0.05, 0) is 72.6 Å². The van der Waals surface area contributed by atoms with Crippen molar-refractivity contribution in [3.05, 3.63) is 34.9 Å². The molecule has 0 saturated carbocycles. The Kier molecular flexibility index (Phi) is 5.49. The van der Waals surface area contributed by atoms with Crippen LogP contribution in [0.15, 0.2) is 18.2 Å². The van der Waals surface area contributed by atoms with Crippen LogP contribution < -0.4 is 4.43 Å². The lowest BCUT2D eigenvalue weighted by atomic mass is 9.73. The Morgan fingerprint density at radius 1 is 1.23 bits per heavy atom. The number of allylic oxidation sites excluding steroid dienone is 1. The van der Waals surface area contributed by atoms with Crippen LogP contribution in [0.5, 0.6) is 5.75 Å². The van der Waals surface area contributed by atoms with Gasteiger partial charge < -0.3 is 9.16 Å². The number of esters is 1. The van der Waals surface area contributed by atoms with E-state index in [0.717, 1.165) is 23.3 Å². The molecule has 0 spiro atoms. The number of aryl methyl sites for hydroxylation is 1. The molecule has 1 aliphatic rings. The van der Waals surface area contributed by atoms with Crippen molar-refractivity contribution in [3.8, 4) is 5.75 Å². The molecule has 4 heteroatoms. The third-order valence-corrected chi connectivity index (χ3v) is 10.2. The van der Waals surface area contributed by atoms with Gasteiger partial charge in [-0.15, -0.1) is 0 Å². The summed E-state index contributed by atoms with van der Waals surface area (Å²) in [7, 11) is -1.93. The van der Waals surface area contributed by atoms with Gasteiger partial charge in [0, 0.05) is 0 Å². The summed E-state index contributed by atoms with van der Waals surface area (Å²) in [5.74, 6) is 0.718. The van der Waals surface area contributed by atoms with E-state index in [1.54, 1.807) is 0 Å². The molecule has 144 valence electrons. The fourth-order valence-corrected chi connectivity index (χ4v) is 4.06. The normalized spacial score (nSPS) is 16.6. The van der Waals surface area contributed by atoms with Crippen molar-refractivity contribution in [3.63, 3.8) is 0 Å². The van der Waals surface area contributed by atoms with Gasteiger partial charge in [-0.3, -0.25) is 0 Å². The Morgan fingerprint density at radius 3 is 2.38 bits per heavy atom. The molecule has 0 N–H and O–H groups in total. The number of carbonyl (C=O) groups is 1. The summed E-state index contributed by atoms with van der Waals surface area (Å²) >= 11 is 0. The Labute approximate surface area is 159 Å². The van der Waals surface area contributed by atoms with E-state index in [-0.39, 0.29) is 16.4 Å². The topological polar surface area (TPSA) is 35.5 Å². The highest BCUT2D eigenvalue weighted by Gasteiger charge is 2.40. The van der Waals surface area contributed by atoms with E-state index in [2.05, 4.69) is 66.8 Å². The Bertz CT molecular complexity index is 736. The monoisotopic (exact) mass is 374 g/mol. The van der Waals surface area contributed by atoms with E-state index in [1.807, 2.05) is 13.0 Å². The van der Waals surface area contributed by atoms with Crippen LogP contribution in [-0.2, 0) is 14.9 Å². The standard InChI is InChI=1S/C22H34O3Si/c1-10-24-20(23)16-11-12-22(6,7)18-14-19(15(2)13-17(16)18)25-26(8,9)21(3,4)5/h11,13-14H,10,12H2,1-9H3. The zero-order valence-corrected chi connectivity index (χ0v) is 18.9. The molecule has 2 rings (SSSR count). The molecular formula is C22H34O3Si. The van der Waals surface area contributed by atoms with Gasteiger partial charge >= 0.3 is 5.97 Å². The van der Waals surface area contributed by atoms with Crippen LogP contribution in [0.4, 0.5) is 0 Å². The first-order valence-corrected chi connectivity index (χ1v) is 12.4. The van der Waals surface area contributed by atoms with E-state index >= 15 is 0 Å². The highest BCUT2D eigenvalue weighted by molar-refractivity contribution is 6.74. The quantitative estimate of drug-likeness (QED) is 0.478. The molecule has 1 aromatic carbocycles. The van der Waals surface area contributed by atoms with Gasteiger partial charge in [0.2, 0.25) is 8.32 Å².